The fourth-order valence-corrected chi connectivity index (χ4v) is 3.03. The number of nitrogens with zero attached hydrogens (tertiary/aromatic N) is 3. The van der Waals surface area contributed by atoms with Crippen LogP contribution in [0.3, 0.4) is 0 Å². The molecule has 0 amide bonds. The Morgan fingerprint density at radius 3 is 2.78 bits per heavy atom. The van der Waals surface area contributed by atoms with E-state index in [0.29, 0.717) is 11.6 Å². The fraction of sp³-hybridized carbons (Fsp3) is 0.375. The molecule has 1 aromatic heterocycles. The summed E-state index contributed by atoms with van der Waals surface area (Å²) in [6, 6.07) is 9.06. The Hall–Kier alpha value is -1.50. The van der Waals surface area contributed by atoms with Gasteiger partial charge in [-0.3, -0.25) is 0 Å². The van der Waals surface area contributed by atoms with Crippen molar-refractivity contribution in [2.45, 2.75) is 23.8 Å². The minimum Gasteiger partial charge on any atom is -0.488 e. The van der Waals surface area contributed by atoms with Gasteiger partial charge in [0.15, 0.2) is 5.16 Å². The first-order valence-electron chi connectivity index (χ1n) is 7.38. The standard InChI is InChI=1S/C16H18ClN3O2S/c1-23-16-18-8-6-15(19-16)20-9-7-14(13(21)10-20)22-12-4-2-11(17)3-5-12/h2-6,8,13-14,21H,7,9-10H2,1H3/t13-,14-/m1/s1. The largest absolute Gasteiger partial charge is 0.488 e. The van der Waals surface area contributed by atoms with Crippen molar-refractivity contribution in [3.63, 3.8) is 0 Å². The van der Waals surface area contributed by atoms with Gasteiger partial charge in [0.1, 0.15) is 23.8 Å². The van der Waals surface area contributed by atoms with Crippen molar-refractivity contribution in [1.82, 2.24) is 9.97 Å². The molecule has 0 spiro atoms. The number of piperidine rings is 1. The third kappa shape index (κ3) is 4.07. The summed E-state index contributed by atoms with van der Waals surface area (Å²) in [6.07, 6.45) is 3.61. The first kappa shape index (κ1) is 16.4. The zero-order valence-corrected chi connectivity index (χ0v) is 14.3. The number of aliphatic hydroxyl groups is 1. The van der Waals surface area contributed by atoms with E-state index in [1.807, 2.05) is 24.5 Å². The Morgan fingerprint density at radius 2 is 2.09 bits per heavy atom. The number of rotatable bonds is 4. The molecule has 0 radical (unpaired) electrons. The molecule has 1 aromatic carbocycles. The zero-order chi connectivity index (χ0) is 16.2. The van der Waals surface area contributed by atoms with Crippen LogP contribution in [0.1, 0.15) is 6.42 Å². The average molecular weight is 352 g/mol. The van der Waals surface area contributed by atoms with E-state index < -0.39 is 6.10 Å². The van der Waals surface area contributed by atoms with E-state index in [9.17, 15) is 5.11 Å². The van der Waals surface area contributed by atoms with Gasteiger partial charge in [-0.1, -0.05) is 23.4 Å². The third-order valence-electron chi connectivity index (χ3n) is 3.75. The molecule has 5 nitrogen and oxygen atoms in total. The number of hydrogen-bond acceptors (Lipinski definition) is 6. The summed E-state index contributed by atoms with van der Waals surface area (Å²) >= 11 is 7.37. The lowest BCUT2D eigenvalue weighted by Crippen LogP contribution is -2.49. The Labute approximate surface area is 144 Å². The molecule has 0 aliphatic carbocycles. The Morgan fingerprint density at radius 1 is 1.30 bits per heavy atom. The molecule has 1 aliphatic rings. The Kier molecular flexibility index (Phi) is 5.25. The summed E-state index contributed by atoms with van der Waals surface area (Å²) in [5, 5.41) is 11.8. The van der Waals surface area contributed by atoms with E-state index in [0.717, 1.165) is 29.7 Å². The SMILES string of the molecule is CSc1nccc(N2CC[C@@H](Oc3ccc(Cl)cc3)[C@H](O)C2)n1. The lowest BCUT2D eigenvalue weighted by atomic mass is 10.0. The number of β-amino-alcohol motifs (C(OH)–C–C–N with tert-alkyl or cyclic N) is 1. The number of ether oxygens (including phenoxy) is 1. The van der Waals surface area contributed by atoms with Crippen molar-refractivity contribution < 1.29 is 9.84 Å². The van der Waals surface area contributed by atoms with Crippen LogP contribution in [0.5, 0.6) is 5.75 Å². The van der Waals surface area contributed by atoms with Crippen molar-refractivity contribution in [3.05, 3.63) is 41.6 Å². The molecule has 1 aliphatic heterocycles. The summed E-state index contributed by atoms with van der Waals surface area (Å²) in [6.45, 7) is 1.27. The lowest BCUT2D eigenvalue weighted by Gasteiger charge is -2.36. The molecule has 1 saturated heterocycles. The molecule has 23 heavy (non-hydrogen) atoms. The van der Waals surface area contributed by atoms with Crippen molar-refractivity contribution in [3.8, 4) is 5.75 Å². The average Bonchev–Trinajstić information content (AvgIpc) is 2.58. The highest BCUT2D eigenvalue weighted by Gasteiger charge is 2.30. The van der Waals surface area contributed by atoms with Crippen LogP contribution in [0.2, 0.25) is 5.02 Å². The second kappa shape index (κ2) is 7.38. The molecule has 0 bridgehead atoms. The van der Waals surface area contributed by atoms with Gasteiger partial charge in [0, 0.05) is 30.7 Å². The number of aromatic nitrogens is 2. The van der Waals surface area contributed by atoms with Crippen LogP contribution in [0.4, 0.5) is 5.82 Å². The molecule has 2 heterocycles. The van der Waals surface area contributed by atoms with Crippen LogP contribution >= 0.6 is 23.4 Å². The zero-order valence-electron chi connectivity index (χ0n) is 12.7. The van der Waals surface area contributed by atoms with Crippen LogP contribution in [0.15, 0.2) is 41.7 Å². The second-order valence-corrected chi connectivity index (χ2v) is 6.52. The maximum absolute atomic E-state index is 10.4. The van der Waals surface area contributed by atoms with Crippen LogP contribution in [-0.2, 0) is 0 Å². The number of thioether (sulfide) groups is 1. The van der Waals surface area contributed by atoms with Crippen molar-refractivity contribution >= 4 is 29.2 Å². The monoisotopic (exact) mass is 351 g/mol. The van der Waals surface area contributed by atoms with Gasteiger partial charge >= 0.3 is 0 Å². The van der Waals surface area contributed by atoms with Crippen LogP contribution in [-0.4, -0.2) is 46.6 Å². The van der Waals surface area contributed by atoms with Crippen LogP contribution < -0.4 is 9.64 Å². The van der Waals surface area contributed by atoms with E-state index >= 15 is 0 Å². The maximum Gasteiger partial charge on any atom is 0.189 e. The molecule has 122 valence electrons. The number of benzene rings is 1. The quantitative estimate of drug-likeness (QED) is 0.675. The van der Waals surface area contributed by atoms with Crippen molar-refractivity contribution in [2.75, 3.05) is 24.2 Å². The van der Waals surface area contributed by atoms with Crippen molar-refractivity contribution in [1.29, 1.82) is 0 Å². The Bertz CT molecular complexity index is 656. The smallest absolute Gasteiger partial charge is 0.189 e. The number of aliphatic hydroxyl groups excluding tert-OH is 1. The highest BCUT2D eigenvalue weighted by molar-refractivity contribution is 7.98. The molecular weight excluding hydrogens is 334 g/mol. The summed E-state index contributed by atoms with van der Waals surface area (Å²) in [7, 11) is 0. The predicted molar refractivity (Wildman–Crippen MR) is 92.5 cm³/mol. The minimum absolute atomic E-state index is 0.228. The molecule has 0 unspecified atom stereocenters. The van der Waals surface area contributed by atoms with E-state index in [1.165, 1.54) is 11.8 Å². The molecule has 3 rings (SSSR count). The van der Waals surface area contributed by atoms with Gasteiger partial charge in [0.25, 0.3) is 0 Å². The van der Waals surface area contributed by atoms with Crippen molar-refractivity contribution in [2.24, 2.45) is 0 Å². The van der Waals surface area contributed by atoms with E-state index in [1.54, 1.807) is 18.3 Å². The van der Waals surface area contributed by atoms with E-state index in [2.05, 4.69) is 14.9 Å². The summed E-state index contributed by atoms with van der Waals surface area (Å²) in [4.78, 5) is 10.7. The summed E-state index contributed by atoms with van der Waals surface area (Å²) < 4.78 is 5.88. The van der Waals surface area contributed by atoms with Gasteiger partial charge in [-0.15, -0.1) is 0 Å². The van der Waals surface area contributed by atoms with Gasteiger partial charge in [-0.25, -0.2) is 9.97 Å². The van der Waals surface area contributed by atoms with Crippen LogP contribution in [0, 0.1) is 0 Å². The normalized spacial score (nSPS) is 21.3. The van der Waals surface area contributed by atoms with Gasteiger partial charge in [0.05, 0.1) is 0 Å². The number of halogens is 1. The molecule has 2 aromatic rings. The molecular formula is C16H18ClN3O2S. The minimum atomic E-state index is -0.577. The van der Waals surface area contributed by atoms with Gasteiger partial charge in [-0.2, -0.15) is 0 Å². The molecule has 2 atom stereocenters. The lowest BCUT2D eigenvalue weighted by molar-refractivity contribution is 0.0240. The van der Waals surface area contributed by atoms with Gasteiger partial charge in [0.2, 0.25) is 0 Å². The molecule has 1 fully saturated rings. The molecule has 1 N–H and O–H groups in total. The highest BCUT2D eigenvalue weighted by atomic mass is 35.5. The maximum atomic E-state index is 10.4. The summed E-state index contributed by atoms with van der Waals surface area (Å²) in [5.74, 6) is 1.56. The summed E-state index contributed by atoms with van der Waals surface area (Å²) in [5.41, 5.74) is 0. The predicted octanol–water partition coefficient (Wildman–Crippen LogP) is 2.87. The topological polar surface area (TPSA) is 58.5 Å². The third-order valence-corrected chi connectivity index (χ3v) is 4.56. The van der Waals surface area contributed by atoms with E-state index in [-0.39, 0.29) is 6.10 Å². The second-order valence-electron chi connectivity index (χ2n) is 5.31. The molecule has 7 heteroatoms. The first-order chi connectivity index (χ1) is 11.2. The first-order valence-corrected chi connectivity index (χ1v) is 8.98. The van der Waals surface area contributed by atoms with Crippen LogP contribution in [0.25, 0.3) is 0 Å². The van der Waals surface area contributed by atoms with Gasteiger partial charge in [-0.05, 0) is 36.6 Å². The van der Waals surface area contributed by atoms with Gasteiger partial charge < -0.3 is 14.7 Å². The molecule has 0 saturated carbocycles. The Balaban J connectivity index is 1.63. The number of hydrogen-bond donors (Lipinski definition) is 1. The fourth-order valence-electron chi connectivity index (χ4n) is 2.55. The highest BCUT2D eigenvalue weighted by Crippen LogP contribution is 2.24. The number of anilines is 1. The van der Waals surface area contributed by atoms with E-state index in [4.69, 9.17) is 16.3 Å².